The molecule has 1 aromatic heterocycles. The molecule has 4 radical (unpaired) electrons. The maximum absolute atomic E-state index is 11.9. The summed E-state index contributed by atoms with van der Waals surface area (Å²) in [7, 11) is -4.52. The van der Waals surface area contributed by atoms with Crippen molar-refractivity contribution in [2.75, 3.05) is 0 Å². The van der Waals surface area contributed by atoms with E-state index in [0.29, 0.717) is 10.9 Å². The number of amides is 2. The number of hydrogen-bond donors (Lipinski definition) is 1. The highest BCUT2D eigenvalue weighted by Gasteiger charge is 2.42. The second-order valence-corrected chi connectivity index (χ2v) is 5.05. The van der Waals surface area contributed by atoms with E-state index in [-0.39, 0.29) is 4.41 Å². The largest absolute Gasteiger partial charge is 0.406 e. The summed E-state index contributed by atoms with van der Waals surface area (Å²) < 4.78 is 23.5. The Kier molecular flexibility index (Phi) is 3.29. The topological polar surface area (TPSA) is 143 Å². The fourth-order valence-corrected chi connectivity index (χ4v) is 2.25. The predicted molar refractivity (Wildman–Crippen MR) is 62.4 cm³/mol. The van der Waals surface area contributed by atoms with Crippen LogP contribution in [0.4, 0.5) is 4.79 Å². The maximum Gasteiger partial charge on any atom is 0.406 e. The van der Waals surface area contributed by atoms with Crippen LogP contribution in [0.3, 0.4) is 0 Å². The van der Waals surface area contributed by atoms with Crippen molar-refractivity contribution in [2.45, 2.75) is 5.16 Å². The monoisotopic (exact) mass is 279 g/mol. The van der Waals surface area contributed by atoms with Gasteiger partial charge in [-0.05, 0) is 6.07 Å². The molecule has 1 aromatic carbocycles. The van der Waals surface area contributed by atoms with Crippen LogP contribution in [0.1, 0.15) is 0 Å². The molecule has 0 unspecified atom stereocenters. The summed E-state index contributed by atoms with van der Waals surface area (Å²) in [6, 6.07) is 5.18. The zero-order valence-electron chi connectivity index (χ0n) is 9.33. The molecule has 1 heterocycles. The minimum absolute atomic E-state index is 0.295. The van der Waals surface area contributed by atoms with Crippen LogP contribution in [-0.4, -0.2) is 28.8 Å². The molecule has 19 heavy (non-hydrogen) atoms. The molecule has 0 aliphatic rings. The number of carbonyl (C=O) groups excluding carboxylic acids is 1. The quantitative estimate of drug-likeness (QED) is 0.578. The zero-order valence-corrected chi connectivity index (χ0v) is 10.1. The number of fused-ring (bicyclic) bond motifs is 1. The van der Waals surface area contributed by atoms with Gasteiger partial charge < -0.3 is 5.73 Å². The third kappa shape index (κ3) is 2.31. The fraction of sp³-hybridized carbons (Fsp3) is 0. The molecule has 2 rings (SSSR count). The normalized spacial score (nSPS) is 11.4. The SMILES string of the molecule is [N][N+]N(C(N)=O)S(=O)(=O)c1ncc2ccccc2n1. The summed E-state index contributed by atoms with van der Waals surface area (Å²) in [6.45, 7) is 0. The molecule has 0 aliphatic heterocycles. The molecule has 0 aliphatic carbocycles. The molecule has 2 aromatic rings. The lowest BCUT2D eigenvalue weighted by molar-refractivity contribution is 0.216. The Morgan fingerprint density at radius 3 is 2.68 bits per heavy atom. The number of rotatable bonds is 3. The van der Waals surface area contributed by atoms with E-state index in [1.54, 1.807) is 24.3 Å². The van der Waals surface area contributed by atoms with Crippen LogP contribution in [-0.2, 0) is 10.0 Å². The molecule has 0 bridgehead atoms. The summed E-state index contributed by atoms with van der Waals surface area (Å²) in [5.41, 5.74) is 7.45. The molecular weight excluding hydrogens is 272 g/mol. The Morgan fingerprint density at radius 1 is 1.37 bits per heavy atom. The number of para-hydroxylation sites is 1. The van der Waals surface area contributed by atoms with Crippen LogP contribution in [0.2, 0.25) is 0 Å². The van der Waals surface area contributed by atoms with Crippen molar-refractivity contribution in [3.05, 3.63) is 30.5 Å². The Bertz CT molecular complexity index is 732. The Balaban J connectivity index is 2.57. The first-order valence-corrected chi connectivity index (χ1v) is 6.32. The van der Waals surface area contributed by atoms with Gasteiger partial charge in [0.25, 0.3) is 5.16 Å². The summed E-state index contributed by atoms with van der Waals surface area (Å²) >= 11 is 0. The van der Waals surface area contributed by atoms with Gasteiger partial charge in [0.2, 0.25) is 0 Å². The van der Waals surface area contributed by atoms with Gasteiger partial charge in [-0.1, -0.05) is 18.2 Å². The number of aromatic nitrogens is 2. The van der Waals surface area contributed by atoms with Crippen molar-refractivity contribution >= 4 is 27.0 Å². The van der Waals surface area contributed by atoms with E-state index in [0.717, 1.165) is 0 Å². The molecule has 10 heteroatoms. The molecule has 2 N–H and O–H groups in total. The number of hydrogen-bond acceptors (Lipinski definition) is 5. The number of nitrogens with two attached hydrogens (primary N) is 1. The fourth-order valence-electron chi connectivity index (χ4n) is 1.37. The van der Waals surface area contributed by atoms with Gasteiger partial charge in [0.1, 0.15) is 0 Å². The number of carbonyl (C=O) groups is 1. The van der Waals surface area contributed by atoms with Crippen LogP contribution < -0.4 is 17.1 Å². The lowest BCUT2D eigenvalue weighted by Crippen LogP contribution is -2.45. The highest BCUT2D eigenvalue weighted by molar-refractivity contribution is 7.89. The number of nitrogens with zero attached hydrogens (tertiary/aromatic N) is 5. The average molecular weight is 279 g/mol. The smallest absolute Gasteiger partial charge is 0.346 e. The minimum Gasteiger partial charge on any atom is -0.346 e. The van der Waals surface area contributed by atoms with Gasteiger partial charge in [-0.15, -0.1) is 0 Å². The van der Waals surface area contributed by atoms with Gasteiger partial charge >= 0.3 is 27.4 Å². The van der Waals surface area contributed by atoms with Gasteiger partial charge in [-0.3, -0.25) is 0 Å². The molecule has 0 saturated heterocycles. The van der Waals surface area contributed by atoms with Gasteiger partial charge in [0.05, 0.1) is 9.93 Å². The van der Waals surface area contributed by atoms with Gasteiger partial charge in [0, 0.05) is 11.6 Å². The number of primary amides is 1. The van der Waals surface area contributed by atoms with E-state index in [1.165, 1.54) is 6.20 Å². The van der Waals surface area contributed by atoms with Crippen molar-refractivity contribution in [1.82, 2.24) is 25.8 Å². The number of urea groups is 1. The molecule has 0 spiro atoms. The van der Waals surface area contributed by atoms with Crippen molar-refractivity contribution in [3.8, 4) is 0 Å². The van der Waals surface area contributed by atoms with Crippen LogP contribution in [0, 0.1) is 0 Å². The predicted octanol–water partition coefficient (Wildman–Crippen LogP) is -0.798. The van der Waals surface area contributed by atoms with Crippen LogP contribution in [0.25, 0.3) is 10.9 Å². The van der Waals surface area contributed by atoms with Crippen LogP contribution >= 0.6 is 0 Å². The third-order valence-corrected chi connectivity index (χ3v) is 3.56. The summed E-state index contributed by atoms with van der Waals surface area (Å²) in [4.78, 5) is 18.3. The maximum atomic E-state index is 11.9. The summed E-state index contributed by atoms with van der Waals surface area (Å²) in [5.74, 6) is 8.52. The Morgan fingerprint density at radius 2 is 2.05 bits per heavy atom. The molecule has 2 amide bonds. The van der Waals surface area contributed by atoms with Crippen molar-refractivity contribution in [1.29, 1.82) is 0 Å². The third-order valence-electron chi connectivity index (χ3n) is 2.20. The number of benzene rings is 1. The first-order chi connectivity index (χ1) is 8.96. The zero-order chi connectivity index (χ0) is 14.0. The van der Waals surface area contributed by atoms with E-state index < -0.39 is 21.2 Å². The van der Waals surface area contributed by atoms with Crippen LogP contribution in [0.15, 0.2) is 35.6 Å². The second kappa shape index (κ2) is 4.76. The standard InChI is InChI=1S/C9H7N6O3S/c10-8(16)15(14-11)19(17,18)9-12-5-6-3-1-2-4-7(6)13-9/h1-5H,(H2,10,16)/q+1. The number of sulfonamides is 1. The average Bonchev–Trinajstić information content (AvgIpc) is 2.38. The van der Waals surface area contributed by atoms with E-state index in [2.05, 4.69) is 15.5 Å². The minimum atomic E-state index is -4.52. The lowest BCUT2D eigenvalue weighted by Gasteiger charge is -2.04. The summed E-state index contributed by atoms with van der Waals surface area (Å²) in [6.07, 6.45) is 1.27. The first-order valence-electron chi connectivity index (χ1n) is 4.88. The molecule has 0 atom stereocenters. The van der Waals surface area contributed by atoms with E-state index in [4.69, 9.17) is 11.6 Å². The second-order valence-electron chi connectivity index (χ2n) is 3.39. The van der Waals surface area contributed by atoms with E-state index in [1.807, 2.05) is 0 Å². The molecule has 96 valence electrons. The van der Waals surface area contributed by atoms with Gasteiger partial charge in [0.15, 0.2) is 0 Å². The Hall–Kier alpha value is -2.30. The van der Waals surface area contributed by atoms with E-state index >= 15 is 0 Å². The molecule has 9 nitrogen and oxygen atoms in total. The van der Waals surface area contributed by atoms with Gasteiger partial charge in [-0.2, -0.15) is 8.42 Å². The lowest BCUT2D eigenvalue weighted by atomic mass is 10.2. The Labute approximate surface area is 108 Å². The molecule has 0 saturated carbocycles. The molecular formula is C9H7N6O3S+. The van der Waals surface area contributed by atoms with E-state index in [9.17, 15) is 13.2 Å². The van der Waals surface area contributed by atoms with Crippen LogP contribution in [0.5, 0.6) is 0 Å². The first kappa shape index (κ1) is 13.1. The van der Waals surface area contributed by atoms with Crippen molar-refractivity contribution in [3.63, 3.8) is 0 Å². The summed E-state index contributed by atoms with van der Waals surface area (Å²) in [5, 5.41) is -0.0733. The van der Waals surface area contributed by atoms with Crippen molar-refractivity contribution in [2.24, 2.45) is 5.73 Å². The highest BCUT2D eigenvalue weighted by atomic mass is 32.2. The highest BCUT2D eigenvalue weighted by Crippen LogP contribution is 2.14. The van der Waals surface area contributed by atoms with Gasteiger partial charge in [-0.25, -0.2) is 14.8 Å². The van der Waals surface area contributed by atoms with Crippen molar-refractivity contribution < 1.29 is 13.2 Å². The molecule has 0 fully saturated rings.